The van der Waals surface area contributed by atoms with Crippen molar-refractivity contribution >= 4 is 17.0 Å². The Morgan fingerprint density at radius 2 is 1.75 bits per heavy atom. The lowest BCUT2D eigenvalue weighted by atomic mass is 9.89. The zero-order chi connectivity index (χ0) is 22.9. The maximum absolute atomic E-state index is 13.1. The van der Waals surface area contributed by atoms with E-state index in [1.54, 1.807) is 4.68 Å². The van der Waals surface area contributed by atoms with E-state index >= 15 is 0 Å². The first-order valence-corrected chi connectivity index (χ1v) is 12.4. The predicted octanol–water partition coefficient (Wildman–Crippen LogP) is 2.59. The van der Waals surface area contributed by atoms with E-state index in [4.69, 9.17) is 4.98 Å². The number of aryl methyl sites for hydroxylation is 1. The lowest BCUT2D eigenvalue weighted by Crippen LogP contribution is -2.47. The average Bonchev–Trinajstić information content (AvgIpc) is 3.10. The van der Waals surface area contributed by atoms with Crippen molar-refractivity contribution in [2.45, 2.75) is 58.3 Å². The van der Waals surface area contributed by atoms with Crippen molar-refractivity contribution in [2.24, 2.45) is 13.0 Å². The normalized spacial score (nSPS) is 19.7. The molecule has 4 rings (SSSR count). The Morgan fingerprint density at radius 3 is 2.41 bits per heavy atom. The van der Waals surface area contributed by atoms with Gasteiger partial charge in [-0.1, -0.05) is 40.0 Å². The Kier molecular flexibility index (Phi) is 6.91. The highest BCUT2D eigenvalue weighted by Gasteiger charge is 2.27. The molecular formula is C24H41N7O. The average molecular weight is 444 g/mol. The number of hydrogen-bond donors (Lipinski definition) is 1. The predicted molar refractivity (Wildman–Crippen MR) is 131 cm³/mol. The molecule has 0 amide bonds. The van der Waals surface area contributed by atoms with Crippen LogP contribution in [0.3, 0.4) is 0 Å². The molecule has 1 saturated heterocycles. The second kappa shape index (κ2) is 9.51. The quantitative estimate of drug-likeness (QED) is 0.740. The molecule has 0 atom stereocenters. The van der Waals surface area contributed by atoms with E-state index in [1.807, 2.05) is 7.05 Å². The van der Waals surface area contributed by atoms with E-state index in [-0.39, 0.29) is 11.0 Å². The summed E-state index contributed by atoms with van der Waals surface area (Å²) in [6.07, 6.45) is 6.53. The van der Waals surface area contributed by atoms with Crippen molar-refractivity contribution in [3.8, 4) is 0 Å². The maximum Gasteiger partial charge on any atom is 0.278 e. The van der Waals surface area contributed by atoms with Gasteiger partial charge in [-0.3, -0.25) is 19.4 Å². The first kappa shape index (κ1) is 23.2. The number of hydrogen-bond acceptors (Lipinski definition) is 6. The summed E-state index contributed by atoms with van der Waals surface area (Å²) in [6.45, 7) is 13.7. The Labute approximate surface area is 192 Å². The maximum atomic E-state index is 13.1. The van der Waals surface area contributed by atoms with E-state index < -0.39 is 0 Å². The SMILES string of the molecule is CN1CCN(CCN(CC2CCCCC2)c2nc3c(C(C)(C)C)nn(C)c3c(=O)[nH]2)CC1. The van der Waals surface area contributed by atoms with Crippen LogP contribution in [-0.2, 0) is 12.5 Å². The van der Waals surface area contributed by atoms with Crippen LogP contribution >= 0.6 is 0 Å². The molecule has 8 heteroatoms. The standard InChI is InChI=1S/C24H41N7O/c1-24(2,3)21-19-20(29(5)27-21)22(32)26-23(25-19)31(17-18-9-7-6-8-10-18)16-15-30-13-11-28(4)12-14-30/h18H,6-17H2,1-5H3,(H,25,26,32). The van der Waals surface area contributed by atoms with Crippen LogP contribution < -0.4 is 10.5 Å². The first-order valence-electron chi connectivity index (χ1n) is 12.4. The van der Waals surface area contributed by atoms with E-state index in [2.05, 4.69) is 52.6 Å². The molecule has 178 valence electrons. The number of likely N-dealkylation sites (N-methyl/N-ethyl adjacent to an activating group) is 1. The molecule has 0 unspecified atom stereocenters. The number of nitrogens with one attached hydrogen (secondary N) is 1. The van der Waals surface area contributed by atoms with Crippen LogP contribution in [0.5, 0.6) is 0 Å². The van der Waals surface area contributed by atoms with Crippen LogP contribution in [0.25, 0.3) is 11.0 Å². The number of rotatable bonds is 6. The van der Waals surface area contributed by atoms with E-state index in [1.165, 1.54) is 32.1 Å². The highest BCUT2D eigenvalue weighted by molar-refractivity contribution is 5.78. The number of aromatic amines is 1. The molecule has 32 heavy (non-hydrogen) atoms. The number of aromatic nitrogens is 4. The lowest BCUT2D eigenvalue weighted by Gasteiger charge is -2.35. The van der Waals surface area contributed by atoms with E-state index in [0.29, 0.717) is 17.4 Å². The molecular weight excluding hydrogens is 402 g/mol. The fourth-order valence-corrected chi connectivity index (χ4v) is 5.12. The van der Waals surface area contributed by atoms with Gasteiger partial charge in [0.25, 0.3) is 5.56 Å². The zero-order valence-corrected chi connectivity index (χ0v) is 20.7. The van der Waals surface area contributed by atoms with Gasteiger partial charge in [-0.25, -0.2) is 4.98 Å². The second-order valence-corrected chi connectivity index (χ2v) is 10.9. The van der Waals surface area contributed by atoms with E-state index in [9.17, 15) is 4.79 Å². The van der Waals surface area contributed by atoms with Crippen molar-refractivity contribution < 1.29 is 0 Å². The minimum absolute atomic E-state index is 0.0938. The third kappa shape index (κ3) is 5.17. The molecule has 0 spiro atoms. The fourth-order valence-electron chi connectivity index (χ4n) is 5.12. The van der Waals surface area contributed by atoms with Gasteiger partial charge in [0.2, 0.25) is 5.95 Å². The summed E-state index contributed by atoms with van der Waals surface area (Å²) in [5.41, 5.74) is 1.93. The molecule has 1 saturated carbocycles. The molecule has 1 aliphatic carbocycles. The highest BCUT2D eigenvalue weighted by Crippen LogP contribution is 2.28. The largest absolute Gasteiger partial charge is 0.341 e. The summed E-state index contributed by atoms with van der Waals surface area (Å²) in [6, 6.07) is 0. The van der Waals surface area contributed by atoms with Crippen LogP contribution in [0.15, 0.2) is 4.79 Å². The number of nitrogens with zero attached hydrogens (tertiary/aromatic N) is 6. The van der Waals surface area contributed by atoms with Gasteiger partial charge in [-0.2, -0.15) is 5.10 Å². The second-order valence-electron chi connectivity index (χ2n) is 10.9. The molecule has 0 radical (unpaired) electrons. The number of anilines is 1. The summed E-state index contributed by atoms with van der Waals surface area (Å²) < 4.78 is 1.68. The molecule has 8 nitrogen and oxygen atoms in total. The molecule has 2 fully saturated rings. The monoisotopic (exact) mass is 443 g/mol. The number of piperazine rings is 1. The zero-order valence-electron chi connectivity index (χ0n) is 20.7. The van der Waals surface area contributed by atoms with Crippen molar-refractivity contribution in [1.29, 1.82) is 0 Å². The third-order valence-corrected chi connectivity index (χ3v) is 7.18. The Hall–Kier alpha value is -1.93. The van der Waals surface area contributed by atoms with Gasteiger partial charge in [0, 0.05) is 58.3 Å². The lowest BCUT2D eigenvalue weighted by molar-refractivity contribution is 0.156. The smallest absolute Gasteiger partial charge is 0.278 e. The first-order chi connectivity index (χ1) is 15.2. The van der Waals surface area contributed by atoms with Crippen molar-refractivity contribution in [1.82, 2.24) is 29.5 Å². The Balaban J connectivity index is 1.63. The topological polar surface area (TPSA) is 73.3 Å². The van der Waals surface area contributed by atoms with Gasteiger partial charge in [0.15, 0.2) is 5.52 Å². The molecule has 2 aromatic heterocycles. The molecule has 2 aliphatic rings. The van der Waals surface area contributed by atoms with Crippen LogP contribution in [0.1, 0.15) is 58.6 Å². The minimum atomic E-state index is -0.175. The number of fused-ring (bicyclic) bond motifs is 1. The van der Waals surface area contributed by atoms with Gasteiger partial charge < -0.3 is 9.80 Å². The molecule has 1 aliphatic heterocycles. The summed E-state index contributed by atoms with van der Waals surface area (Å²) in [7, 11) is 4.03. The fraction of sp³-hybridized carbons (Fsp3) is 0.792. The van der Waals surface area contributed by atoms with Crippen LogP contribution in [0, 0.1) is 5.92 Å². The number of H-pyrrole nitrogens is 1. The van der Waals surface area contributed by atoms with Gasteiger partial charge in [-0.05, 0) is 25.8 Å². The van der Waals surface area contributed by atoms with Crippen LogP contribution in [0.2, 0.25) is 0 Å². The molecule has 2 aromatic rings. The van der Waals surface area contributed by atoms with Gasteiger partial charge in [0.05, 0.1) is 5.69 Å². The van der Waals surface area contributed by atoms with Crippen molar-refractivity contribution in [3.05, 3.63) is 16.0 Å². The summed E-state index contributed by atoms with van der Waals surface area (Å²) in [5.74, 6) is 1.38. The molecule has 1 N–H and O–H groups in total. The summed E-state index contributed by atoms with van der Waals surface area (Å²) >= 11 is 0. The van der Waals surface area contributed by atoms with Gasteiger partial charge in [-0.15, -0.1) is 0 Å². The molecule has 0 aromatic carbocycles. The van der Waals surface area contributed by atoms with Crippen LogP contribution in [0.4, 0.5) is 5.95 Å². The molecule has 3 heterocycles. The van der Waals surface area contributed by atoms with E-state index in [0.717, 1.165) is 57.0 Å². The Morgan fingerprint density at radius 1 is 1.06 bits per heavy atom. The van der Waals surface area contributed by atoms with Gasteiger partial charge in [0.1, 0.15) is 5.52 Å². The minimum Gasteiger partial charge on any atom is -0.341 e. The van der Waals surface area contributed by atoms with Crippen LogP contribution in [-0.4, -0.2) is 82.4 Å². The highest BCUT2D eigenvalue weighted by atomic mass is 16.1. The van der Waals surface area contributed by atoms with Crippen molar-refractivity contribution in [3.63, 3.8) is 0 Å². The molecule has 0 bridgehead atoms. The van der Waals surface area contributed by atoms with Gasteiger partial charge >= 0.3 is 0 Å². The summed E-state index contributed by atoms with van der Waals surface area (Å²) in [5, 5.41) is 4.67. The Bertz CT molecular complexity index is 959. The van der Waals surface area contributed by atoms with Crippen molar-refractivity contribution in [2.75, 3.05) is 57.8 Å². The third-order valence-electron chi connectivity index (χ3n) is 7.18. The summed E-state index contributed by atoms with van der Waals surface area (Å²) in [4.78, 5) is 28.5.